The summed E-state index contributed by atoms with van der Waals surface area (Å²) >= 11 is 0. The molecule has 0 aliphatic carbocycles. The highest BCUT2D eigenvalue weighted by molar-refractivity contribution is 5.30. The van der Waals surface area contributed by atoms with Gasteiger partial charge < -0.3 is 4.74 Å². The van der Waals surface area contributed by atoms with Crippen LogP contribution in [-0.4, -0.2) is 16.4 Å². The number of nitrogens with two attached hydrogens (primary N) is 1. The number of aromatic nitrogens is 2. The maximum absolute atomic E-state index is 5.69. The van der Waals surface area contributed by atoms with Gasteiger partial charge in [-0.25, -0.2) is 5.43 Å². The summed E-state index contributed by atoms with van der Waals surface area (Å²) in [6, 6.07) is 0.0129. The van der Waals surface area contributed by atoms with E-state index in [1.54, 1.807) is 0 Å². The van der Waals surface area contributed by atoms with Gasteiger partial charge >= 0.3 is 0 Å². The Balaban J connectivity index is 2.30. The Morgan fingerprint density at radius 1 is 1.65 bits per heavy atom. The van der Waals surface area contributed by atoms with Crippen LogP contribution in [0.15, 0.2) is 18.0 Å². The SMILES string of the molecule is CCc1nn(C)cc1C(NN)C1=COCCC1. The zero-order chi connectivity index (χ0) is 12.3. The summed E-state index contributed by atoms with van der Waals surface area (Å²) in [7, 11) is 1.93. The summed E-state index contributed by atoms with van der Waals surface area (Å²) < 4.78 is 7.22. The number of nitrogens with zero attached hydrogens (tertiary/aromatic N) is 2. The Hall–Kier alpha value is -1.33. The largest absolute Gasteiger partial charge is 0.501 e. The van der Waals surface area contributed by atoms with Crippen LogP contribution in [0.2, 0.25) is 0 Å². The van der Waals surface area contributed by atoms with Crippen LogP contribution >= 0.6 is 0 Å². The van der Waals surface area contributed by atoms with Crippen LogP contribution in [0.1, 0.15) is 37.1 Å². The summed E-state index contributed by atoms with van der Waals surface area (Å²) in [5, 5.41) is 4.45. The molecule has 2 heterocycles. The molecule has 0 aromatic carbocycles. The van der Waals surface area contributed by atoms with E-state index >= 15 is 0 Å². The Bertz CT molecular complexity index is 411. The minimum atomic E-state index is 0.0129. The lowest BCUT2D eigenvalue weighted by molar-refractivity contribution is 0.219. The van der Waals surface area contributed by atoms with E-state index in [1.165, 1.54) is 5.57 Å². The van der Waals surface area contributed by atoms with Crippen molar-refractivity contribution in [1.29, 1.82) is 0 Å². The average molecular weight is 236 g/mol. The number of ether oxygens (including phenoxy) is 1. The van der Waals surface area contributed by atoms with E-state index < -0.39 is 0 Å². The van der Waals surface area contributed by atoms with E-state index in [4.69, 9.17) is 10.6 Å². The molecule has 17 heavy (non-hydrogen) atoms. The van der Waals surface area contributed by atoms with E-state index in [-0.39, 0.29) is 6.04 Å². The predicted molar refractivity (Wildman–Crippen MR) is 65.9 cm³/mol. The van der Waals surface area contributed by atoms with Crippen LogP contribution in [0.5, 0.6) is 0 Å². The number of nitrogens with one attached hydrogen (secondary N) is 1. The van der Waals surface area contributed by atoms with Crippen LogP contribution < -0.4 is 11.3 Å². The summed E-state index contributed by atoms with van der Waals surface area (Å²) in [6.45, 7) is 2.90. The fourth-order valence-electron chi connectivity index (χ4n) is 2.26. The molecule has 94 valence electrons. The lowest BCUT2D eigenvalue weighted by Gasteiger charge is -2.22. The number of hydrogen-bond acceptors (Lipinski definition) is 4. The number of hydrogen-bond donors (Lipinski definition) is 2. The van der Waals surface area contributed by atoms with Crippen molar-refractivity contribution in [2.45, 2.75) is 32.2 Å². The van der Waals surface area contributed by atoms with Crippen LogP contribution in [0, 0.1) is 0 Å². The molecule has 0 spiro atoms. The van der Waals surface area contributed by atoms with Crippen LogP contribution in [0.3, 0.4) is 0 Å². The molecule has 1 aromatic rings. The highest BCUT2D eigenvalue weighted by atomic mass is 16.5. The predicted octanol–water partition coefficient (Wildman–Crippen LogP) is 1.18. The van der Waals surface area contributed by atoms with Gasteiger partial charge in [0, 0.05) is 18.8 Å². The van der Waals surface area contributed by atoms with E-state index in [1.807, 2.05) is 24.2 Å². The Labute approximate surface area is 102 Å². The van der Waals surface area contributed by atoms with Gasteiger partial charge in [-0.05, 0) is 24.8 Å². The molecule has 1 aliphatic rings. The van der Waals surface area contributed by atoms with Gasteiger partial charge in [-0.2, -0.15) is 5.10 Å². The second-order valence-corrected chi connectivity index (χ2v) is 4.33. The van der Waals surface area contributed by atoms with Crippen molar-refractivity contribution in [1.82, 2.24) is 15.2 Å². The molecule has 5 heteroatoms. The number of hydrazine groups is 1. The fraction of sp³-hybridized carbons (Fsp3) is 0.583. The van der Waals surface area contributed by atoms with Gasteiger partial charge in [0.1, 0.15) is 0 Å². The second kappa shape index (κ2) is 5.33. The first-order valence-corrected chi connectivity index (χ1v) is 6.05. The third kappa shape index (κ3) is 2.50. The van der Waals surface area contributed by atoms with Gasteiger partial charge in [-0.3, -0.25) is 10.5 Å². The summed E-state index contributed by atoms with van der Waals surface area (Å²) in [6.07, 6.45) is 6.83. The molecule has 0 amide bonds. The lowest BCUT2D eigenvalue weighted by atomic mass is 9.95. The minimum Gasteiger partial charge on any atom is -0.501 e. The van der Waals surface area contributed by atoms with Gasteiger partial charge in [-0.1, -0.05) is 6.92 Å². The van der Waals surface area contributed by atoms with Crippen molar-refractivity contribution in [3.63, 3.8) is 0 Å². The topological polar surface area (TPSA) is 65.1 Å². The smallest absolute Gasteiger partial charge is 0.0876 e. The van der Waals surface area contributed by atoms with Crippen molar-refractivity contribution < 1.29 is 4.74 Å². The van der Waals surface area contributed by atoms with Gasteiger partial charge in [0.15, 0.2) is 0 Å². The molecule has 1 unspecified atom stereocenters. The fourth-order valence-corrected chi connectivity index (χ4v) is 2.26. The molecular weight excluding hydrogens is 216 g/mol. The minimum absolute atomic E-state index is 0.0129. The lowest BCUT2D eigenvalue weighted by Crippen LogP contribution is -2.30. The quantitative estimate of drug-likeness (QED) is 0.608. The maximum Gasteiger partial charge on any atom is 0.0876 e. The van der Waals surface area contributed by atoms with Gasteiger partial charge in [-0.15, -0.1) is 0 Å². The molecule has 1 aromatic heterocycles. The molecule has 0 fully saturated rings. The van der Waals surface area contributed by atoms with Crippen LogP contribution in [0.4, 0.5) is 0 Å². The van der Waals surface area contributed by atoms with Crippen molar-refractivity contribution in [2.75, 3.05) is 6.61 Å². The van der Waals surface area contributed by atoms with Crippen LogP contribution in [-0.2, 0) is 18.2 Å². The second-order valence-electron chi connectivity index (χ2n) is 4.33. The monoisotopic (exact) mass is 236 g/mol. The average Bonchev–Trinajstić information content (AvgIpc) is 2.73. The first kappa shape index (κ1) is 12.1. The van der Waals surface area contributed by atoms with E-state index in [0.29, 0.717) is 0 Å². The van der Waals surface area contributed by atoms with Crippen LogP contribution in [0.25, 0.3) is 0 Å². The number of rotatable bonds is 4. The Morgan fingerprint density at radius 2 is 2.47 bits per heavy atom. The first-order valence-electron chi connectivity index (χ1n) is 6.05. The molecule has 5 nitrogen and oxygen atoms in total. The normalized spacial score (nSPS) is 17.5. The number of aryl methyl sites for hydroxylation is 2. The molecule has 3 N–H and O–H groups in total. The van der Waals surface area contributed by atoms with Gasteiger partial charge in [0.05, 0.1) is 24.6 Å². The van der Waals surface area contributed by atoms with Gasteiger partial charge in [0.2, 0.25) is 0 Å². The van der Waals surface area contributed by atoms with E-state index in [0.717, 1.165) is 37.1 Å². The maximum atomic E-state index is 5.69. The highest BCUT2D eigenvalue weighted by Crippen LogP contribution is 2.28. The Morgan fingerprint density at radius 3 is 3.06 bits per heavy atom. The standard InChI is InChI=1S/C12H20N4O/c1-3-11-10(7-16(2)15-11)12(14-13)9-5-4-6-17-8-9/h7-8,12,14H,3-6,13H2,1-2H3. The van der Waals surface area contributed by atoms with Crippen molar-refractivity contribution >= 4 is 0 Å². The molecule has 0 saturated carbocycles. The highest BCUT2D eigenvalue weighted by Gasteiger charge is 2.22. The van der Waals surface area contributed by atoms with E-state index in [9.17, 15) is 0 Å². The van der Waals surface area contributed by atoms with Crippen molar-refractivity contribution in [2.24, 2.45) is 12.9 Å². The third-order valence-corrected chi connectivity index (χ3v) is 3.08. The summed E-state index contributed by atoms with van der Waals surface area (Å²) in [4.78, 5) is 0. The summed E-state index contributed by atoms with van der Waals surface area (Å²) in [5.41, 5.74) is 6.30. The molecule has 1 aliphatic heterocycles. The third-order valence-electron chi connectivity index (χ3n) is 3.08. The molecule has 0 saturated heterocycles. The zero-order valence-corrected chi connectivity index (χ0v) is 10.4. The van der Waals surface area contributed by atoms with Gasteiger partial charge in [0.25, 0.3) is 0 Å². The van der Waals surface area contributed by atoms with Crippen molar-refractivity contribution in [3.05, 3.63) is 29.3 Å². The molecule has 0 bridgehead atoms. The molecular formula is C12H20N4O. The van der Waals surface area contributed by atoms with E-state index in [2.05, 4.69) is 17.4 Å². The molecule has 0 radical (unpaired) electrons. The molecule has 2 rings (SSSR count). The first-order chi connectivity index (χ1) is 8.26. The zero-order valence-electron chi connectivity index (χ0n) is 10.4. The van der Waals surface area contributed by atoms with Crippen molar-refractivity contribution in [3.8, 4) is 0 Å². The summed E-state index contributed by atoms with van der Waals surface area (Å²) in [5.74, 6) is 5.69. The Kier molecular flexibility index (Phi) is 3.81. The molecule has 1 atom stereocenters.